The molecular formula is C16H26N6. The zero-order valence-corrected chi connectivity index (χ0v) is 13.8. The molecule has 1 aliphatic rings. The molecule has 2 aromatic heterocycles. The highest BCUT2D eigenvalue weighted by Gasteiger charge is 2.19. The van der Waals surface area contributed by atoms with Crippen LogP contribution in [0.15, 0.2) is 24.8 Å². The predicted molar refractivity (Wildman–Crippen MR) is 87.6 cm³/mol. The molecule has 120 valence electrons. The van der Waals surface area contributed by atoms with Crippen molar-refractivity contribution in [3.63, 3.8) is 0 Å². The number of hydrogen-bond donors (Lipinski definition) is 0. The first-order valence-corrected chi connectivity index (χ1v) is 8.10. The summed E-state index contributed by atoms with van der Waals surface area (Å²) in [5.74, 6) is 1.88. The lowest BCUT2D eigenvalue weighted by Gasteiger charge is -2.37. The minimum Gasteiger partial charge on any atom is -0.331 e. The van der Waals surface area contributed by atoms with Gasteiger partial charge in [0.15, 0.2) is 11.6 Å². The van der Waals surface area contributed by atoms with Crippen molar-refractivity contribution in [3.05, 3.63) is 24.8 Å². The summed E-state index contributed by atoms with van der Waals surface area (Å²) < 4.78 is 4.22. The van der Waals surface area contributed by atoms with Crippen molar-refractivity contribution in [1.82, 2.24) is 28.9 Å². The van der Waals surface area contributed by atoms with E-state index in [0.717, 1.165) is 37.8 Å². The fourth-order valence-corrected chi connectivity index (χ4v) is 3.03. The summed E-state index contributed by atoms with van der Waals surface area (Å²) in [6.45, 7) is 11.3. The van der Waals surface area contributed by atoms with Gasteiger partial charge in [0.1, 0.15) is 0 Å². The predicted octanol–water partition coefficient (Wildman–Crippen LogP) is 1.31. The molecule has 1 fully saturated rings. The van der Waals surface area contributed by atoms with Crippen LogP contribution < -0.4 is 0 Å². The van der Waals surface area contributed by atoms with E-state index in [4.69, 9.17) is 0 Å². The number of nitrogens with zero attached hydrogens (tertiary/aromatic N) is 6. The van der Waals surface area contributed by atoms with E-state index in [-0.39, 0.29) is 0 Å². The Kier molecular flexibility index (Phi) is 4.59. The average Bonchev–Trinajstić information content (AvgIpc) is 3.13. The lowest BCUT2D eigenvalue weighted by molar-refractivity contribution is 0.106. The first kappa shape index (κ1) is 15.2. The van der Waals surface area contributed by atoms with Crippen LogP contribution in [0.4, 0.5) is 0 Å². The fourth-order valence-electron chi connectivity index (χ4n) is 3.03. The van der Waals surface area contributed by atoms with Gasteiger partial charge in [0.25, 0.3) is 0 Å². The third kappa shape index (κ3) is 3.23. The van der Waals surface area contributed by atoms with Crippen molar-refractivity contribution in [2.75, 3.05) is 32.7 Å². The second-order valence-corrected chi connectivity index (χ2v) is 6.28. The molecule has 0 bridgehead atoms. The molecule has 6 heteroatoms. The molecule has 1 aliphatic heterocycles. The molecule has 0 amide bonds. The normalized spacial score (nSPS) is 17.5. The summed E-state index contributed by atoms with van der Waals surface area (Å²) >= 11 is 0. The number of piperazine rings is 1. The summed E-state index contributed by atoms with van der Waals surface area (Å²) in [5.41, 5.74) is 0. The van der Waals surface area contributed by atoms with Gasteiger partial charge in [-0.3, -0.25) is 9.80 Å². The summed E-state index contributed by atoms with van der Waals surface area (Å²) in [6.07, 6.45) is 7.69. The van der Waals surface area contributed by atoms with Crippen molar-refractivity contribution in [2.24, 2.45) is 7.05 Å². The molecule has 3 rings (SSSR count). The lowest BCUT2D eigenvalue weighted by atomic mass is 10.2. The molecule has 0 aliphatic carbocycles. The molecule has 0 N–H and O–H groups in total. The van der Waals surface area contributed by atoms with Gasteiger partial charge in [-0.05, 0) is 13.8 Å². The van der Waals surface area contributed by atoms with Crippen LogP contribution in [0.5, 0.6) is 0 Å². The second kappa shape index (κ2) is 6.62. The van der Waals surface area contributed by atoms with E-state index in [1.807, 2.05) is 36.4 Å². The molecule has 6 nitrogen and oxygen atoms in total. The molecule has 2 aromatic rings. The number of aromatic nitrogens is 4. The molecule has 3 heterocycles. The Balaban J connectivity index is 1.57. The van der Waals surface area contributed by atoms with Gasteiger partial charge in [0, 0.05) is 77.1 Å². The Morgan fingerprint density at radius 3 is 2.27 bits per heavy atom. The fraction of sp³-hybridized carbons (Fsp3) is 0.625. The van der Waals surface area contributed by atoms with Crippen LogP contribution in [0.3, 0.4) is 0 Å². The number of imidazole rings is 2. The lowest BCUT2D eigenvalue weighted by Crippen LogP contribution is -2.49. The van der Waals surface area contributed by atoms with E-state index in [2.05, 4.69) is 38.2 Å². The Morgan fingerprint density at radius 2 is 1.64 bits per heavy atom. The number of rotatable bonds is 5. The molecule has 1 saturated heterocycles. The van der Waals surface area contributed by atoms with Crippen LogP contribution in [0.2, 0.25) is 0 Å². The Bertz CT molecular complexity index is 591. The SMILES string of the molecule is CC(C)N1CCN(CCn2ccnc2-c2nccn2C)CC1. The first-order chi connectivity index (χ1) is 10.6. The largest absolute Gasteiger partial charge is 0.331 e. The third-order valence-electron chi connectivity index (χ3n) is 4.53. The second-order valence-electron chi connectivity index (χ2n) is 6.28. The van der Waals surface area contributed by atoms with E-state index < -0.39 is 0 Å². The summed E-state index contributed by atoms with van der Waals surface area (Å²) in [4.78, 5) is 14.0. The van der Waals surface area contributed by atoms with Crippen molar-refractivity contribution >= 4 is 0 Å². The van der Waals surface area contributed by atoms with E-state index in [1.54, 1.807) is 0 Å². The van der Waals surface area contributed by atoms with Crippen LogP contribution in [0.1, 0.15) is 13.8 Å². The molecular weight excluding hydrogens is 276 g/mol. The molecule has 0 saturated carbocycles. The standard InChI is InChI=1S/C16H26N6/c1-14(2)21-11-8-20(9-12-21)10-13-22-7-5-18-16(22)15-17-4-6-19(15)3/h4-7,14H,8-13H2,1-3H3. The monoisotopic (exact) mass is 302 g/mol. The highest BCUT2D eigenvalue weighted by Crippen LogP contribution is 2.14. The first-order valence-electron chi connectivity index (χ1n) is 8.10. The van der Waals surface area contributed by atoms with Gasteiger partial charge in [-0.2, -0.15) is 0 Å². The van der Waals surface area contributed by atoms with Gasteiger partial charge < -0.3 is 9.13 Å². The van der Waals surface area contributed by atoms with Gasteiger partial charge in [-0.25, -0.2) is 9.97 Å². The molecule has 0 radical (unpaired) electrons. The van der Waals surface area contributed by atoms with Crippen LogP contribution in [0, 0.1) is 0 Å². The van der Waals surface area contributed by atoms with E-state index in [9.17, 15) is 0 Å². The highest BCUT2D eigenvalue weighted by molar-refractivity contribution is 5.44. The Labute approximate surface area is 132 Å². The third-order valence-corrected chi connectivity index (χ3v) is 4.53. The number of aryl methyl sites for hydroxylation is 1. The van der Waals surface area contributed by atoms with E-state index in [0.29, 0.717) is 6.04 Å². The molecule has 0 atom stereocenters. The summed E-state index contributed by atoms with van der Waals surface area (Å²) in [7, 11) is 2.01. The molecule has 0 unspecified atom stereocenters. The highest BCUT2D eigenvalue weighted by atomic mass is 15.3. The molecule has 22 heavy (non-hydrogen) atoms. The summed E-state index contributed by atoms with van der Waals surface area (Å²) in [6, 6.07) is 0.658. The van der Waals surface area contributed by atoms with Crippen LogP contribution in [-0.4, -0.2) is 67.7 Å². The van der Waals surface area contributed by atoms with Gasteiger partial charge in [0.2, 0.25) is 0 Å². The summed E-state index contributed by atoms with van der Waals surface area (Å²) in [5, 5.41) is 0. The maximum atomic E-state index is 4.47. The zero-order chi connectivity index (χ0) is 15.5. The van der Waals surface area contributed by atoms with E-state index >= 15 is 0 Å². The van der Waals surface area contributed by atoms with Gasteiger partial charge >= 0.3 is 0 Å². The number of hydrogen-bond acceptors (Lipinski definition) is 4. The van der Waals surface area contributed by atoms with Crippen LogP contribution >= 0.6 is 0 Å². The van der Waals surface area contributed by atoms with Crippen molar-refractivity contribution in [3.8, 4) is 11.6 Å². The zero-order valence-electron chi connectivity index (χ0n) is 13.8. The maximum absolute atomic E-state index is 4.47. The topological polar surface area (TPSA) is 42.1 Å². The minimum absolute atomic E-state index is 0.658. The quantitative estimate of drug-likeness (QED) is 0.835. The smallest absolute Gasteiger partial charge is 0.176 e. The van der Waals surface area contributed by atoms with Gasteiger partial charge in [0.05, 0.1) is 0 Å². The van der Waals surface area contributed by atoms with Crippen molar-refractivity contribution in [1.29, 1.82) is 0 Å². The molecule has 0 spiro atoms. The van der Waals surface area contributed by atoms with Gasteiger partial charge in [-0.1, -0.05) is 0 Å². The Hall–Kier alpha value is -1.66. The van der Waals surface area contributed by atoms with Crippen molar-refractivity contribution < 1.29 is 0 Å². The van der Waals surface area contributed by atoms with Crippen molar-refractivity contribution in [2.45, 2.75) is 26.4 Å². The molecule has 0 aromatic carbocycles. The maximum Gasteiger partial charge on any atom is 0.176 e. The Morgan fingerprint density at radius 1 is 0.955 bits per heavy atom. The van der Waals surface area contributed by atoms with E-state index in [1.165, 1.54) is 13.1 Å². The average molecular weight is 302 g/mol. The van der Waals surface area contributed by atoms with Crippen LogP contribution in [0.25, 0.3) is 11.6 Å². The minimum atomic E-state index is 0.658. The van der Waals surface area contributed by atoms with Gasteiger partial charge in [-0.15, -0.1) is 0 Å². The van der Waals surface area contributed by atoms with Crippen LogP contribution in [-0.2, 0) is 13.6 Å².